The van der Waals surface area contributed by atoms with Crippen LogP contribution in [-0.2, 0) is 17.8 Å². The Morgan fingerprint density at radius 3 is 3.12 bits per heavy atom. The van der Waals surface area contributed by atoms with Gasteiger partial charge in [0.1, 0.15) is 0 Å². The summed E-state index contributed by atoms with van der Waals surface area (Å²) in [5, 5.41) is 7.52. The number of ether oxygens (including phenoxy) is 1. The fourth-order valence-corrected chi connectivity index (χ4v) is 2.43. The zero-order chi connectivity index (χ0) is 12.1. The molecule has 0 aliphatic rings. The zero-order valence-corrected chi connectivity index (χ0v) is 11.1. The molecule has 6 heteroatoms. The molecule has 2 aromatic heterocycles. The predicted octanol–water partition coefficient (Wildman–Crippen LogP) is 2.86. The van der Waals surface area contributed by atoms with Gasteiger partial charge in [-0.05, 0) is 12.1 Å². The number of nitrogens with one attached hydrogen (secondary N) is 1. The van der Waals surface area contributed by atoms with E-state index in [9.17, 15) is 0 Å². The summed E-state index contributed by atoms with van der Waals surface area (Å²) in [5.74, 6) is 0. The van der Waals surface area contributed by atoms with Gasteiger partial charge in [-0.1, -0.05) is 11.6 Å². The van der Waals surface area contributed by atoms with Crippen LogP contribution < -0.4 is 5.32 Å². The first-order chi connectivity index (χ1) is 8.28. The summed E-state index contributed by atoms with van der Waals surface area (Å²) >= 11 is 7.45. The summed E-state index contributed by atoms with van der Waals surface area (Å²) in [6, 6.07) is 3.93. The Morgan fingerprint density at radius 1 is 1.53 bits per heavy atom. The second kappa shape index (κ2) is 6.05. The summed E-state index contributed by atoms with van der Waals surface area (Å²) in [6.45, 7) is 2.21. The van der Waals surface area contributed by atoms with E-state index < -0.39 is 0 Å². The van der Waals surface area contributed by atoms with Crippen molar-refractivity contribution in [3.8, 4) is 0 Å². The quantitative estimate of drug-likeness (QED) is 0.878. The number of aromatic nitrogens is 2. The molecule has 0 saturated heterocycles. The molecule has 2 heterocycles. The van der Waals surface area contributed by atoms with Gasteiger partial charge in [0.05, 0.1) is 29.4 Å². The second-order valence-corrected chi connectivity index (χ2v) is 5.34. The molecular formula is C11H14ClN3OS. The number of thiophene rings is 1. The third kappa shape index (κ3) is 3.73. The van der Waals surface area contributed by atoms with Crippen molar-refractivity contribution in [2.24, 2.45) is 0 Å². The number of nitrogens with zero attached hydrogens (tertiary/aromatic N) is 2. The van der Waals surface area contributed by atoms with Gasteiger partial charge in [-0.15, -0.1) is 11.3 Å². The number of hydrogen-bond acceptors (Lipinski definition) is 4. The van der Waals surface area contributed by atoms with Crippen LogP contribution in [0.15, 0.2) is 24.5 Å². The number of anilines is 1. The van der Waals surface area contributed by atoms with Crippen molar-refractivity contribution in [1.82, 2.24) is 9.78 Å². The molecule has 0 amide bonds. The highest BCUT2D eigenvalue weighted by Crippen LogP contribution is 2.22. The van der Waals surface area contributed by atoms with Crippen molar-refractivity contribution in [3.63, 3.8) is 0 Å². The van der Waals surface area contributed by atoms with E-state index in [-0.39, 0.29) is 0 Å². The molecule has 0 fully saturated rings. The molecule has 92 valence electrons. The molecule has 0 atom stereocenters. The van der Waals surface area contributed by atoms with Crippen molar-refractivity contribution < 1.29 is 4.74 Å². The molecule has 0 aliphatic carbocycles. The van der Waals surface area contributed by atoms with E-state index in [1.165, 1.54) is 4.88 Å². The largest absolute Gasteiger partial charge is 0.383 e. The molecule has 0 saturated carbocycles. The van der Waals surface area contributed by atoms with Crippen LogP contribution in [0.2, 0.25) is 4.34 Å². The highest BCUT2D eigenvalue weighted by Gasteiger charge is 2.00. The molecular weight excluding hydrogens is 258 g/mol. The predicted molar refractivity (Wildman–Crippen MR) is 70.8 cm³/mol. The lowest BCUT2D eigenvalue weighted by Gasteiger charge is -2.00. The number of rotatable bonds is 6. The van der Waals surface area contributed by atoms with Crippen molar-refractivity contribution >= 4 is 28.6 Å². The average Bonchev–Trinajstić information content (AvgIpc) is 2.93. The Bertz CT molecular complexity index is 469. The monoisotopic (exact) mass is 271 g/mol. The molecule has 2 aromatic rings. The summed E-state index contributed by atoms with van der Waals surface area (Å²) in [4.78, 5) is 1.21. The van der Waals surface area contributed by atoms with Crippen LogP contribution in [0.5, 0.6) is 0 Å². The van der Waals surface area contributed by atoms with Crippen LogP contribution >= 0.6 is 22.9 Å². The molecule has 17 heavy (non-hydrogen) atoms. The van der Waals surface area contributed by atoms with E-state index in [0.29, 0.717) is 6.61 Å². The van der Waals surface area contributed by atoms with E-state index in [2.05, 4.69) is 10.4 Å². The van der Waals surface area contributed by atoms with Gasteiger partial charge < -0.3 is 10.1 Å². The minimum absolute atomic E-state index is 0.668. The van der Waals surface area contributed by atoms with Crippen molar-refractivity contribution in [1.29, 1.82) is 0 Å². The summed E-state index contributed by atoms with van der Waals surface area (Å²) < 4.78 is 7.66. The first-order valence-corrected chi connectivity index (χ1v) is 6.47. The molecule has 0 radical (unpaired) electrons. The van der Waals surface area contributed by atoms with Crippen molar-refractivity contribution in [2.75, 3.05) is 19.0 Å². The highest BCUT2D eigenvalue weighted by molar-refractivity contribution is 7.16. The Morgan fingerprint density at radius 2 is 2.41 bits per heavy atom. The van der Waals surface area contributed by atoms with Gasteiger partial charge in [0.25, 0.3) is 0 Å². The van der Waals surface area contributed by atoms with Crippen LogP contribution in [0.4, 0.5) is 5.69 Å². The maximum atomic E-state index is 5.86. The topological polar surface area (TPSA) is 39.1 Å². The van der Waals surface area contributed by atoms with Crippen molar-refractivity contribution in [2.45, 2.75) is 13.1 Å². The Kier molecular flexibility index (Phi) is 4.42. The van der Waals surface area contributed by atoms with E-state index in [1.807, 2.05) is 29.2 Å². The minimum Gasteiger partial charge on any atom is -0.383 e. The lowest BCUT2D eigenvalue weighted by atomic mass is 10.4. The number of methoxy groups -OCH3 is 1. The third-order valence-electron chi connectivity index (χ3n) is 2.25. The van der Waals surface area contributed by atoms with Crippen LogP contribution in [0.25, 0.3) is 0 Å². The van der Waals surface area contributed by atoms with Crippen LogP contribution in [0.1, 0.15) is 4.88 Å². The van der Waals surface area contributed by atoms with E-state index in [0.717, 1.165) is 23.1 Å². The first-order valence-electron chi connectivity index (χ1n) is 5.27. The molecule has 1 N–H and O–H groups in total. The normalized spacial score (nSPS) is 10.7. The lowest BCUT2D eigenvalue weighted by molar-refractivity contribution is 0.183. The summed E-state index contributed by atoms with van der Waals surface area (Å²) in [6.07, 6.45) is 3.78. The lowest BCUT2D eigenvalue weighted by Crippen LogP contribution is -2.04. The van der Waals surface area contributed by atoms with Gasteiger partial charge in [0, 0.05) is 24.7 Å². The average molecular weight is 272 g/mol. The Balaban J connectivity index is 1.84. The minimum atomic E-state index is 0.668. The molecule has 0 aromatic carbocycles. The van der Waals surface area contributed by atoms with Gasteiger partial charge in [-0.25, -0.2) is 0 Å². The molecule has 4 nitrogen and oxygen atoms in total. The third-order valence-corrected chi connectivity index (χ3v) is 3.48. The maximum Gasteiger partial charge on any atom is 0.0931 e. The maximum absolute atomic E-state index is 5.86. The molecule has 0 aliphatic heterocycles. The summed E-state index contributed by atoms with van der Waals surface area (Å²) in [7, 11) is 1.68. The molecule has 0 bridgehead atoms. The highest BCUT2D eigenvalue weighted by atomic mass is 35.5. The Labute approximate surface area is 109 Å². The number of hydrogen-bond donors (Lipinski definition) is 1. The Hall–Kier alpha value is -1.04. The zero-order valence-electron chi connectivity index (χ0n) is 9.52. The first kappa shape index (κ1) is 12.4. The van der Waals surface area contributed by atoms with Gasteiger partial charge >= 0.3 is 0 Å². The van der Waals surface area contributed by atoms with Gasteiger partial charge in [0.15, 0.2) is 0 Å². The molecule has 2 rings (SSSR count). The van der Waals surface area contributed by atoms with Gasteiger partial charge in [0.2, 0.25) is 0 Å². The van der Waals surface area contributed by atoms with Crippen LogP contribution in [0, 0.1) is 0 Å². The number of halogens is 1. The van der Waals surface area contributed by atoms with Gasteiger partial charge in [-0.2, -0.15) is 5.10 Å². The summed E-state index contributed by atoms with van der Waals surface area (Å²) in [5.41, 5.74) is 1.01. The van der Waals surface area contributed by atoms with Crippen LogP contribution in [-0.4, -0.2) is 23.5 Å². The molecule has 0 unspecified atom stereocenters. The fraction of sp³-hybridized carbons (Fsp3) is 0.364. The fourth-order valence-electron chi connectivity index (χ4n) is 1.40. The van der Waals surface area contributed by atoms with Gasteiger partial charge in [-0.3, -0.25) is 4.68 Å². The van der Waals surface area contributed by atoms with E-state index in [4.69, 9.17) is 16.3 Å². The van der Waals surface area contributed by atoms with E-state index >= 15 is 0 Å². The standard InChI is InChI=1S/C11H14ClN3OS/c1-16-5-4-15-8-9(6-14-15)13-7-10-2-3-11(12)17-10/h2-3,6,8,13H,4-5,7H2,1H3. The SMILES string of the molecule is COCCn1cc(NCc2ccc(Cl)s2)cn1. The second-order valence-electron chi connectivity index (χ2n) is 3.54. The van der Waals surface area contributed by atoms with E-state index in [1.54, 1.807) is 18.4 Å². The smallest absolute Gasteiger partial charge is 0.0931 e. The molecule has 0 spiro atoms. The van der Waals surface area contributed by atoms with Crippen LogP contribution in [0.3, 0.4) is 0 Å². The van der Waals surface area contributed by atoms with Crippen molar-refractivity contribution in [3.05, 3.63) is 33.7 Å².